The monoisotopic (exact) mass is 424 g/mol. The number of likely N-dealkylation sites (tertiary alicyclic amines) is 1. The molecule has 4 N–H and O–H groups in total. The van der Waals surface area contributed by atoms with Crippen LogP contribution in [-0.4, -0.2) is 35.4 Å². The third-order valence-corrected chi connectivity index (χ3v) is 6.06. The van der Waals surface area contributed by atoms with Gasteiger partial charge in [-0.3, -0.25) is 14.5 Å². The van der Waals surface area contributed by atoms with E-state index in [9.17, 15) is 9.59 Å². The summed E-state index contributed by atoms with van der Waals surface area (Å²) in [5.74, 6) is 0.0406. The first-order valence-electron chi connectivity index (χ1n) is 10.2. The predicted molar refractivity (Wildman–Crippen MR) is 121 cm³/mol. The van der Waals surface area contributed by atoms with Crippen LogP contribution in [0.15, 0.2) is 53.3 Å². The van der Waals surface area contributed by atoms with Gasteiger partial charge in [0.15, 0.2) is 0 Å². The Morgan fingerprint density at radius 3 is 2.63 bits per heavy atom. The first-order chi connectivity index (χ1) is 14.5. The summed E-state index contributed by atoms with van der Waals surface area (Å²) in [6.07, 6.45) is 2.01. The topological polar surface area (TPSA) is 91.2 Å². The molecular weight excluding hydrogens is 400 g/mol. The minimum Gasteiger partial charge on any atom is -0.384 e. The fourth-order valence-electron chi connectivity index (χ4n) is 3.96. The van der Waals surface area contributed by atoms with Crippen LogP contribution in [0.2, 0.25) is 5.02 Å². The predicted octanol–water partition coefficient (Wildman–Crippen LogP) is 3.41. The Morgan fingerprint density at radius 2 is 1.87 bits per heavy atom. The summed E-state index contributed by atoms with van der Waals surface area (Å²) in [4.78, 5) is 29.1. The van der Waals surface area contributed by atoms with E-state index in [0.717, 1.165) is 32.5 Å². The van der Waals surface area contributed by atoms with Gasteiger partial charge in [-0.1, -0.05) is 48.0 Å². The molecule has 0 unspecified atom stereocenters. The highest BCUT2D eigenvalue weighted by atomic mass is 35.5. The van der Waals surface area contributed by atoms with Crippen molar-refractivity contribution >= 4 is 34.1 Å². The van der Waals surface area contributed by atoms with Gasteiger partial charge in [0.05, 0.1) is 5.02 Å². The van der Waals surface area contributed by atoms with E-state index in [2.05, 4.69) is 57.7 Å². The van der Waals surface area contributed by atoms with Crippen molar-refractivity contribution in [3.05, 3.63) is 75.0 Å². The summed E-state index contributed by atoms with van der Waals surface area (Å²) in [7, 11) is 0. The largest absolute Gasteiger partial charge is 0.384 e. The van der Waals surface area contributed by atoms with Gasteiger partial charge in [0.2, 0.25) is 0 Å². The summed E-state index contributed by atoms with van der Waals surface area (Å²) >= 11 is 5.91. The number of aromatic nitrogens is 1. The van der Waals surface area contributed by atoms with Crippen molar-refractivity contribution in [2.24, 2.45) is 5.92 Å². The molecule has 1 saturated heterocycles. The molecule has 0 saturated carbocycles. The number of carbonyl (C=O) groups excluding carboxylic acids is 1. The van der Waals surface area contributed by atoms with E-state index in [1.54, 1.807) is 0 Å². The molecule has 2 aromatic carbocycles. The third-order valence-electron chi connectivity index (χ3n) is 5.74. The van der Waals surface area contributed by atoms with E-state index in [0.29, 0.717) is 12.5 Å². The number of H-pyrrole nitrogens is 1. The smallest absolute Gasteiger partial charge is 0.262 e. The van der Waals surface area contributed by atoms with E-state index in [1.807, 2.05) is 0 Å². The van der Waals surface area contributed by atoms with Crippen LogP contribution in [0.25, 0.3) is 10.8 Å². The second kappa shape index (κ2) is 8.90. The van der Waals surface area contributed by atoms with Crippen molar-refractivity contribution in [1.29, 1.82) is 0 Å². The van der Waals surface area contributed by atoms with Crippen molar-refractivity contribution in [2.45, 2.75) is 19.4 Å². The van der Waals surface area contributed by atoms with Crippen molar-refractivity contribution in [3.8, 4) is 0 Å². The Balaban J connectivity index is 1.28. The number of nitrogens with two attached hydrogens (primary N) is 1. The summed E-state index contributed by atoms with van der Waals surface area (Å²) in [6.45, 7) is 3.45. The number of amides is 1. The van der Waals surface area contributed by atoms with Crippen molar-refractivity contribution in [3.63, 3.8) is 0 Å². The Hall–Kier alpha value is -2.83. The summed E-state index contributed by atoms with van der Waals surface area (Å²) in [5.41, 5.74) is 6.33. The minimum atomic E-state index is -0.528. The third kappa shape index (κ3) is 4.66. The van der Waals surface area contributed by atoms with Crippen LogP contribution in [0.3, 0.4) is 0 Å². The Kier molecular flexibility index (Phi) is 6.06. The fraction of sp³-hybridized carbons (Fsp3) is 0.304. The standard InChI is InChI=1S/C23H25ClN4O2/c24-20-12-19(23(30)27-21(20)25)22(29)26-13-15-7-9-28(10-8-15)14-16-5-6-17-3-1-2-4-18(17)11-16/h1-6,11-12,15H,7-10,13-14H2,(H,26,29)(H3,25,27,30). The highest BCUT2D eigenvalue weighted by Gasteiger charge is 2.21. The van der Waals surface area contributed by atoms with Gasteiger partial charge >= 0.3 is 0 Å². The first-order valence-corrected chi connectivity index (χ1v) is 10.5. The number of nitrogens with one attached hydrogen (secondary N) is 2. The highest BCUT2D eigenvalue weighted by Crippen LogP contribution is 2.21. The number of hydrogen-bond donors (Lipinski definition) is 3. The number of piperidine rings is 1. The number of nitrogen functional groups attached to an aromatic ring is 1. The van der Waals surface area contributed by atoms with E-state index in [-0.39, 0.29) is 16.4 Å². The van der Waals surface area contributed by atoms with Crippen LogP contribution in [0.5, 0.6) is 0 Å². The fourth-order valence-corrected chi connectivity index (χ4v) is 4.12. The second-order valence-electron chi connectivity index (χ2n) is 7.88. The number of pyridine rings is 1. The van der Waals surface area contributed by atoms with Crippen molar-refractivity contribution in [1.82, 2.24) is 15.2 Å². The van der Waals surface area contributed by atoms with Gasteiger partial charge in [0, 0.05) is 13.1 Å². The number of benzene rings is 2. The number of fused-ring (bicyclic) bond motifs is 1. The zero-order valence-electron chi connectivity index (χ0n) is 16.7. The highest BCUT2D eigenvalue weighted by molar-refractivity contribution is 6.33. The molecule has 30 heavy (non-hydrogen) atoms. The quantitative estimate of drug-likeness (QED) is 0.585. The molecule has 3 aromatic rings. The molecular formula is C23H25ClN4O2. The number of nitrogens with zero attached hydrogens (tertiary/aromatic N) is 1. The van der Waals surface area contributed by atoms with Crippen molar-refractivity contribution in [2.75, 3.05) is 25.4 Å². The molecule has 1 amide bonds. The Labute approximate surface area is 180 Å². The van der Waals surface area contributed by atoms with Crippen LogP contribution in [-0.2, 0) is 6.54 Å². The normalized spacial score (nSPS) is 15.4. The van der Waals surface area contributed by atoms with Gasteiger partial charge < -0.3 is 16.0 Å². The summed E-state index contributed by atoms with van der Waals surface area (Å²) in [5, 5.41) is 5.56. The SMILES string of the molecule is Nc1[nH]c(=O)c(C(=O)NCC2CCN(Cc3ccc4ccccc4c3)CC2)cc1Cl. The number of carbonyl (C=O) groups is 1. The molecule has 6 nitrogen and oxygen atoms in total. The van der Waals surface area contributed by atoms with Crippen LogP contribution in [0.1, 0.15) is 28.8 Å². The van der Waals surface area contributed by atoms with Gasteiger partial charge in [-0.15, -0.1) is 0 Å². The molecule has 2 heterocycles. The molecule has 1 aromatic heterocycles. The molecule has 7 heteroatoms. The first kappa shape index (κ1) is 20.4. The van der Waals surface area contributed by atoms with Gasteiger partial charge in [-0.05, 0) is 60.3 Å². The maximum absolute atomic E-state index is 12.3. The molecule has 0 atom stereocenters. The lowest BCUT2D eigenvalue weighted by Crippen LogP contribution is -2.39. The Morgan fingerprint density at radius 1 is 1.13 bits per heavy atom. The molecule has 0 bridgehead atoms. The van der Waals surface area contributed by atoms with Gasteiger partial charge in [0.1, 0.15) is 11.4 Å². The maximum Gasteiger partial charge on any atom is 0.262 e. The number of anilines is 1. The van der Waals surface area contributed by atoms with E-state index < -0.39 is 11.5 Å². The lowest BCUT2D eigenvalue weighted by Gasteiger charge is -2.32. The van der Waals surface area contributed by atoms with Gasteiger partial charge in [-0.2, -0.15) is 0 Å². The maximum atomic E-state index is 12.3. The molecule has 156 valence electrons. The minimum absolute atomic E-state index is 0.0112. The van der Waals surface area contributed by atoms with E-state index >= 15 is 0 Å². The molecule has 0 spiro atoms. The zero-order valence-corrected chi connectivity index (χ0v) is 17.4. The average Bonchev–Trinajstić information content (AvgIpc) is 2.75. The van der Waals surface area contributed by atoms with Gasteiger partial charge in [-0.25, -0.2) is 0 Å². The molecule has 0 aliphatic carbocycles. The van der Waals surface area contributed by atoms with Crippen LogP contribution in [0.4, 0.5) is 5.82 Å². The number of rotatable bonds is 5. The number of aromatic amines is 1. The average molecular weight is 425 g/mol. The summed E-state index contributed by atoms with van der Waals surface area (Å²) < 4.78 is 0. The second-order valence-corrected chi connectivity index (χ2v) is 8.29. The lowest BCUT2D eigenvalue weighted by atomic mass is 9.96. The molecule has 4 rings (SSSR count). The number of halogens is 1. The van der Waals surface area contributed by atoms with Gasteiger partial charge in [0.25, 0.3) is 11.5 Å². The van der Waals surface area contributed by atoms with Crippen LogP contribution < -0.4 is 16.6 Å². The molecule has 1 fully saturated rings. The van der Waals surface area contributed by atoms with E-state index in [1.165, 1.54) is 22.4 Å². The lowest BCUT2D eigenvalue weighted by molar-refractivity contribution is 0.0933. The van der Waals surface area contributed by atoms with Crippen LogP contribution in [0, 0.1) is 5.92 Å². The molecule has 0 radical (unpaired) electrons. The van der Waals surface area contributed by atoms with E-state index in [4.69, 9.17) is 17.3 Å². The number of hydrogen-bond acceptors (Lipinski definition) is 4. The molecule has 1 aliphatic rings. The summed E-state index contributed by atoms with van der Waals surface area (Å²) in [6, 6.07) is 16.4. The van der Waals surface area contributed by atoms with Crippen molar-refractivity contribution < 1.29 is 4.79 Å². The van der Waals surface area contributed by atoms with Crippen LogP contribution >= 0.6 is 11.6 Å². The zero-order chi connectivity index (χ0) is 21.1. The molecule has 1 aliphatic heterocycles. The Bertz CT molecular complexity index is 1120.